The van der Waals surface area contributed by atoms with Crippen LogP contribution in [-0.4, -0.2) is 42.8 Å². The summed E-state index contributed by atoms with van der Waals surface area (Å²) in [7, 11) is 0. The van der Waals surface area contributed by atoms with Crippen LogP contribution in [0.15, 0.2) is 0 Å². The first kappa shape index (κ1) is 11.9. The van der Waals surface area contributed by atoms with Crippen LogP contribution in [0.5, 0.6) is 0 Å². The Bertz CT molecular complexity index is 269. The molecule has 2 aliphatic carbocycles. The first-order valence-electron chi connectivity index (χ1n) is 7.28. The number of nitrogens with zero attached hydrogens (tertiary/aromatic N) is 1. The van der Waals surface area contributed by atoms with Crippen LogP contribution in [0.4, 0.5) is 0 Å². The summed E-state index contributed by atoms with van der Waals surface area (Å²) >= 11 is 0. The van der Waals surface area contributed by atoms with Crippen molar-refractivity contribution in [1.29, 1.82) is 0 Å². The fourth-order valence-electron chi connectivity index (χ4n) is 3.28. The van der Waals surface area contributed by atoms with Crippen molar-refractivity contribution in [3.05, 3.63) is 0 Å². The van der Waals surface area contributed by atoms with E-state index in [-0.39, 0.29) is 5.54 Å². The molecule has 0 aromatic carbocycles. The van der Waals surface area contributed by atoms with Crippen molar-refractivity contribution in [1.82, 2.24) is 4.90 Å². The molecule has 1 heterocycles. The van der Waals surface area contributed by atoms with Gasteiger partial charge in [-0.1, -0.05) is 0 Å². The smallest absolute Gasteiger partial charge is 0.0513 e. The molecule has 0 spiro atoms. The molecule has 2 atom stereocenters. The second-order valence-electron chi connectivity index (χ2n) is 6.45. The highest BCUT2D eigenvalue weighted by atomic mass is 16.5. The maximum Gasteiger partial charge on any atom is 0.0513 e. The first-order valence-corrected chi connectivity index (χ1v) is 7.28. The number of nitrogens with two attached hydrogens (primary N) is 1. The van der Waals surface area contributed by atoms with E-state index in [1.165, 1.54) is 38.6 Å². The Labute approximate surface area is 105 Å². The summed E-state index contributed by atoms with van der Waals surface area (Å²) in [6, 6.07) is 0.824. The van der Waals surface area contributed by atoms with Crippen molar-refractivity contribution in [3.63, 3.8) is 0 Å². The number of hydrogen-bond donors (Lipinski definition) is 1. The van der Waals surface area contributed by atoms with Crippen LogP contribution in [0, 0.1) is 11.8 Å². The van der Waals surface area contributed by atoms with Gasteiger partial charge in [0.25, 0.3) is 0 Å². The molecule has 1 aliphatic heterocycles. The molecule has 3 aliphatic rings. The zero-order valence-corrected chi connectivity index (χ0v) is 11.0. The van der Waals surface area contributed by atoms with Crippen LogP contribution in [0.3, 0.4) is 0 Å². The molecule has 3 heteroatoms. The zero-order chi connectivity index (χ0) is 11.9. The molecule has 0 bridgehead atoms. The van der Waals surface area contributed by atoms with Crippen LogP contribution in [-0.2, 0) is 4.74 Å². The van der Waals surface area contributed by atoms with E-state index in [1.54, 1.807) is 0 Å². The Hall–Kier alpha value is -0.120. The minimum atomic E-state index is 0.181. The number of hydrogen-bond acceptors (Lipinski definition) is 3. The van der Waals surface area contributed by atoms with E-state index < -0.39 is 0 Å². The normalized spacial score (nSPS) is 33.0. The van der Waals surface area contributed by atoms with Crippen molar-refractivity contribution < 1.29 is 4.74 Å². The molecule has 3 rings (SSSR count). The molecule has 98 valence electrons. The van der Waals surface area contributed by atoms with E-state index in [4.69, 9.17) is 10.5 Å². The van der Waals surface area contributed by atoms with E-state index >= 15 is 0 Å². The Morgan fingerprint density at radius 2 is 2.00 bits per heavy atom. The molecule has 3 nitrogen and oxygen atoms in total. The topological polar surface area (TPSA) is 38.5 Å². The lowest BCUT2D eigenvalue weighted by Crippen LogP contribution is -2.58. The van der Waals surface area contributed by atoms with Crippen molar-refractivity contribution in [2.24, 2.45) is 17.6 Å². The summed E-state index contributed by atoms with van der Waals surface area (Å²) in [5.41, 5.74) is 6.33. The number of ether oxygens (including phenoxy) is 1. The third-order valence-electron chi connectivity index (χ3n) is 5.02. The van der Waals surface area contributed by atoms with Gasteiger partial charge in [-0.15, -0.1) is 0 Å². The van der Waals surface area contributed by atoms with Gasteiger partial charge < -0.3 is 10.5 Å². The monoisotopic (exact) mass is 238 g/mol. The van der Waals surface area contributed by atoms with Gasteiger partial charge in [0.05, 0.1) is 6.61 Å². The van der Waals surface area contributed by atoms with Gasteiger partial charge in [-0.05, 0) is 44.9 Å². The molecule has 2 N–H and O–H groups in total. The quantitative estimate of drug-likeness (QED) is 0.764. The molecular weight excluding hydrogens is 212 g/mol. The minimum absolute atomic E-state index is 0.181. The molecule has 1 saturated heterocycles. The Balaban J connectivity index is 1.73. The van der Waals surface area contributed by atoms with E-state index in [0.717, 1.165) is 31.7 Å². The molecule has 0 aromatic rings. The Morgan fingerprint density at radius 3 is 2.47 bits per heavy atom. The lowest BCUT2D eigenvalue weighted by atomic mass is 9.82. The molecule has 0 radical (unpaired) electrons. The van der Waals surface area contributed by atoms with Crippen molar-refractivity contribution >= 4 is 0 Å². The van der Waals surface area contributed by atoms with Crippen LogP contribution in [0.2, 0.25) is 0 Å². The van der Waals surface area contributed by atoms with Crippen LogP contribution >= 0.6 is 0 Å². The molecule has 0 amide bonds. The zero-order valence-electron chi connectivity index (χ0n) is 11.0. The van der Waals surface area contributed by atoms with Gasteiger partial charge >= 0.3 is 0 Å². The number of rotatable bonds is 6. The third kappa shape index (κ3) is 2.38. The highest BCUT2D eigenvalue weighted by molar-refractivity contribution is 5.02. The van der Waals surface area contributed by atoms with Gasteiger partial charge in [0.2, 0.25) is 0 Å². The van der Waals surface area contributed by atoms with Gasteiger partial charge in [0.1, 0.15) is 0 Å². The molecule has 0 aromatic heterocycles. The van der Waals surface area contributed by atoms with Gasteiger partial charge in [-0.3, -0.25) is 4.90 Å². The maximum atomic E-state index is 6.15. The summed E-state index contributed by atoms with van der Waals surface area (Å²) in [6.45, 7) is 6.30. The molecule has 17 heavy (non-hydrogen) atoms. The average molecular weight is 238 g/mol. The first-order chi connectivity index (χ1) is 8.24. The molecular formula is C14H26N2O. The largest absolute Gasteiger partial charge is 0.381 e. The minimum Gasteiger partial charge on any atom is -0.381 e. The second kappa shape index (κ2) is 4.52. The summed E-state index contributed by atoms with van der Waals surface area (Å²) < 4.78 is 5.59. The summed E-state index contributed by atoms with van der Waals surface area (Å²) in [5, 5.41) is 0. The molecule has 3 fully saturated rings. The van der Waals surface area contributed by atoms with Gasteiger partial charge in [0, 0.05) is 37.2 Å². The van der Waals surface area contributed by atoms with Gasteiger partial charge in [0.15, 0.2) is 0 Å². The molecule has 2 saturated carbocycles. The Morgan fingerprint density at radius 1 is 1.24 bits per heavy atom. The maximum absolute atomic E-state index is 6.15. The van der Waals surface area contributed by atoms with E-state index in [1.807, 2.05) is 0 Å². The predicted octanol–water partition coefficient (Wildman–Crippen LogP) is 1.61. The summed E-state index contributed by atoms with van der Waals surface area (Å²) in [4.78, 5) is 2.75. The average Bonchev–Trinajstić information content (AvgIpc) is 3.25. The highest BCUT2D eigenvalue weighted by Crippen LogP contribution is 2.42. The Kier molecular flexibility index (Phi) is 3.18. The van der Waals surface area contributed by atoms with Crippen molar-refractivity contribution in [2.75, 3.05) is 26.3 Å². The van der Waals surface area contributed by atoms with Crippen molar-refractivity contribution in [3.8, 4) is 0 Å². The van der Waals surface area contributed by atoms with E-state index in [9.17, 15) is 0 Å². The third-order valence-corrected chi connectivity index (χ3v) is 5.02. The van der Waals surface area contributed by atoms with Crippen LogP contribution in [0.25, 0.3) is 0 Å². The fourth-order valence-corrected chi connectivity index (χ4v) is 3.28. The second-order valence-corrected chi connectivity index (χ2v) is 6.45. The van der Waals surface area contributed by atoms with Gasteiger partial charge in [-0.25, -0.2) is 0 Å². The summed E-state index contributed by atoms with van der Waals surface area (Å²) in [5.74, 6) is 1.61. The lowest BCUT2D eigenvalue weighted by molar-refractivity contribution is 0.0342. The lowest BCUT2D eigenvalue weighted by Gasteiger charge is -2.45. The molecule has 2 unspecified atom stereocenters. The highest BCUT2D eigenvalue weighted by Gasteiger charge is 2.47. The van der Waals surface area contributed by atoms with Crippen LogP contribution in [0.1, 0.15) is 39.0 Å². The fraction of sp³-hybridized carbons (Fsp3) is 1.00. The van der Waals surface area contributed by atoms with E-state index in [0.29, 0.717) is 5.92 Å². The van der Waals surface area contributed by atoms with E-state index in [2.05, 4.69) is 11.8 Å². The van der Waals surface area contributed by atoms with Gasteiger partial charge in [-0.2, -0.15) is 0 Å². The predicted molar refractivity (Wildman–Crippen MR) is 68.8 cm³/mol. The SMILES string of the molecule is CC(CN)(C1CCOC1)N(CC1CC1)C1CC1. The van der Waals surface area contributed by atoms with Crippen LogP contribution < -0.4 is 5.73 Å². The standard InChI is InChI=1S/C14H26N2O/c1-14(10-15,12-6-7-17-9-12)16(13-4-5-13)8-11-2-3-11/h11-13H,2-10,15H2,1H3. The summed E-state index contributed by atoms with van der Waals surface area (Å²) in [6.07, 6.45) is 6.84. The van der Waals surface area contributed by atoms with Crippen molar-refractivity contribution in [2.45, 2.75) is 50.6 Å².